The van der Waals surface area contributed by atoms with Gasteiger partial charge in [0.1, 0.15) is 5.82 Å². The quantitative estimate of drug-likeness (QED) is 0.779. The van der Waals surface area contributed by atoms with Crippen LogP contribution in [0.3, 0.4) is 0 Å². The van der Waals surface area contributed by atoms with Gasteiger partial charge in [-0.3, -0.25) is 0 Å². The predicted molar refractivity (Wildman–Crippen MR) is 80.6 cm³/mol. The molecule has 0 aromatic carbocycles. The van der Waals surface area contributed by atoms with Crippen molar-refractivity contribution < 1.29 is 4.74 Å². The predicted octanol–water partition coefficient (Wildman–Crippen LogP) is 3.41. The van der Waals surface area contributed by atoms with Crippen molar-refractivity contribution in [2.45, 2.75) is 25.8 Å². The van der Waals surface area contributed by atoms with Crippen molar-refractivity contribution in [3.8, 4) is 0 Å². The van der Waals surface area contributed by atoms with Crippen molar-refractivity contribution in [3.63, 3.8) is 0 Å². The summed E-state index contributed by atoms with van der Waals surface area (Å²) in [7, 11) is 2.13. The van der Waals surface area contributed by atoms with Crippen molar-refractivity contribution in [1.29, 1.82) is 0 Å². The lowest BCUT2D eigenvalue weighted by atomic mass is 10.1. The Bertz CT molecular complexity index is 662. The van der Waals surface area contributed by atoms with Gasteiger partial charge in [0.05, 0.1) is 6.57 Å². The molecule has 0 N–H and O–H groups in total. The minimum absolute atomic E-state index is 0.481. The Morgan fingerprint density at radius 2 is 2.15 bits per heavy atom. The number of nitrogens with zero attached hydrogens (tertiary/aromatic N) is 3. The van der Waals surface area contributed by atoms with Gasteiger partial charge in [-0.25, -0.2) is 4.85 Å². The van der Waals surface area contributed by atoms with Crippen molar-refractivity contribution in [2.24, 2.45) is 0 Å². The topological polar surface area (TPSA) is 21.2 Å². The van der Waals surface area contributed by atoms with Gasteiger partial charge in [0.15, 0.2) is 5.69 Å². The van der Waals surface area contributed by atoms with Gasteiger partial charge in [-0.05, 0) is 43.5 Å². The van der Waals surface area contributed by atoms with Gasteiger partial charge in [-0.15, -0.1) is 0 Å². The van der Waals surface area contributed by atoms with Gasteiger partial charge in [-0.2, -0.15) is 0 Å². The molecule has 0 unspecified atom stereocenters. The smallest absolute Gasteiger partial charge is 0.195 e. The summed E-state index contributed by atoms with van der Waals surface area (Å²) >= 11 is 0. The van der Waals surface area contributed by atoms with E-state index >= 15 is 0 Å². The number of anilines is 1. The average molecular weight is 269 g/mol. The van der Waals surface area contributed by atoms with Crippen molar-refractivity contribution in [2.75, 3.05) is 25.2 Å². The molecule has 0 saturated carbocycles. The van der Waals surface area contributed by atoms with Gasteiger partial charge in [0, 0.05) is 38.0 Å². The molecule has 1 aliphatic rings. The summed E-state index contributed by atoms with van der Waals surface area (Å²) in [5, 5.41) is 0. The van der Waals surface area contributed by atoms with E-state index < -0.39 is 0 Å². The Kier molecular flexibility index (Phi) is 3.37. The third kappa shape index (κ3) is 2.04. The monoisotopic (exact) mass is 269 g/mol. The number of hydrogen-bond acceptors (Lipinski definition) is 2. The van der Waals surface area contributed by atoms with Crippen LogP contribution in [0.1, 0.15) is 18.4 Å². The maximum absolute atomic E-state index is 7.37. The number of ether oxygens (including phenoxy) is 1. The van der Waals surface area contributed by atoms with Crippen LogP contribution in [0.5, 0.6) is 0 Å². The summed E-state index contributed by atoms with van der Waals surface area (Å²) in [5.41, 5.74) is 2.87. The van der Waals surface area contributed by atoms with E-state index in [9.17, 15) is 0 Å². The molecule has 0 spiro atoms. The first-order valence-electron chi connectivity index (χ1n) is 7.01. The molecular weight excluding hydrogens is 250 g/mol. The van der Waals surface area contributed by atoms with Gasteiger partial charge in [-0.1, -0.05) is 0 Å². The third-order valence-electron chi connectivity index (χ3n) is 4.21. The van der Waals surface area contributed by atoms with E-state index in [1.807, 2.05) is 19.1 Å². The summed E-state index contributed by atoms with van der Waals surface area (Å²) < 4.78 is 7.63. The molecule has 0 atom stereocenters. The summed E-state index contributed by atoms with van der Waals surface area (Å²) in [6.45, 7) is 11.1. The number of fused-ring (bicyclic) bond motifs is 1. The maximum atomic E-state index is 7.37. The molecule has 4 heteroatoms. The summed E-state index contributed by atoms with van der Waals surface area (Å²) in [4.78, 5) is 5.99. The second-order valence-electron chi connectivity index (χ2n) is 5.35. The van der Waals surface area contributed by atoms with E-state index in [0.29, 0.717) is 6.04 Å². The molecule has 3 rings (SSSR count). The van der Waals surface area contributed by atoms with Crippen LogP contribution in [0.15, 0.2) is 24.4 Å². The molecule has 4 nitrogen and oxygen atoms in total. The molecule has 0 aliphatic carbocycles. The Hall–Kier alpha value is -1.99. The van der Waals surface area contributed by atoms with Crippen molar-refractivity contribution >= 4 is 17.0 Å². The molecule has 2 aromatic rings. The Morgan fingerprint density at radius 3 is 2.85 bits per heavy atom. The third-order valence-corrected chi connectivity index (χ3v) is 4.21. The zero-order valence-electron chi connectivity index (χ0n) is 12.0. The summed E-state index contributed by atoms with van der Waals surface area (Å²) in [6, 6.07) is 6.53. The molecule has 2 aromatic heterocycles. The van der Waals surface area contributed by atoms with Crippen LogP contribution in [0, 0.1) is 13.5 Å². The van der Waals surface area contributed by atoms with Crippen LogP contribution in [-0.4, -0.2) is 30.7 Å². The fourth-order valence-electron chi connectivity index (χ4n) is 3.04. The van der Waals surface area contributed by atoms with Crippen LogP contribution >= 0.6 is 0 Å². The first-order valence-corrected chi connectivity index (χ1v) is 7.01. The summed E-state index contributed by atoms with van der Waals surface area (Å²) in [6.07, 6.45) is 4.16. The number of pyridine rings is 1. The molecule has 0 bridgehead atoms. The fraction of sp³-hybridized carbons (Fsp3) is 0.438. The highest BCUT2D eigenvalue weighted by atomic mass is 16.5. The van der Waals surface area contributed by atoms with E-state index in [1.165, 1.54) is 0 Å². The first-order chi connectivity index (χ1) is 9.72. The SMILES string of the molecule is [C-]#[N+]c1cc2cccn2c(N(C)C2CCOCC2)c1C. The summed E-state index contributed by atoms with van der Waals surface area (Å²) in [5.74, 6) is 1.13. The minimum Gasteiger partial charge on any atom is -0.381 e. The van der Waals surface area contributed by atoms with Crippen LogP contribution in [0.2, 0.25) is 0 Å². The lowest BCUT2D eigenvalue weighted by molar-refractivity contribution is 0.0853. The van der Waals surface area contributed by atoms with Gasteiger partial charge >= 0.3 is 0 Å². The van der Waals surface area contributed by atoms with E-state index in [1.54, 1.807) is 0 Å². The van der Waals surface area contributed by atoms with Gasteiger partial charge < -0.3 is 14.0 Å². The zero-order chi connectivity index (χ0) is 14.1. The Balaban J connectivity index is 2.11. The van der Waals surface area contributed by atoms with Gasteiger partial charge in [0.2, 0.25) is 0 Å². The first kappa shape index (κ1) is 13.0. The highest BCUT2D eigenvalue weighted by molar-refractivity contribution is 5.72. The second kappa shape index (κ2) is 5.18. The van der Waals surface area contributed by atoms with Crippen LogP contribution in [-0.2, 0) is 4.74 Å². The van der Waals surface area contributed by atoms with Gasteiger partial charge in [0.25, 0.3) is 0 Å². The molecule has 0 amide bonds. The second-order valence-corrected chi connectivity index (χ2v) is 5.35. The number of rotatable bonds is 2. The van der Waals surface area contributed by atoms with E-state index in [0.717, 1.165) is 48.6 Å². The maximum Gasteiger partial charge on any atom is 0.195 e. The highest BCUT2D eigenvalue weighted by Gasteiger charge is 2.22. The molecule has 1 saturated heterocycles. The molecule has 1 aliphatic heterocycles. The Morgan fingerprint density at radius 1 is 1.40 bits per heavy atom. The molecule has 1 fully saturated rings. The normalized spacial score (nSPS) is 16.2. The van der Waals surface area contributed by atoms with E-state index in [2.05, 4.69) is 33.5 Å². The standard InChI is InChI=1S/C16H19N3O/c1-12-15(17-2)11-14-5-4-8-19(14)16(12)18(3)13-6-9-20-10-7-13/h4-5,8,11,13H,6-7,9-10H2,1,3H3. The molecule has 104 valence electrons. The molecule has 3 heterocycles. The Labute approximate surface area is 119 Å². The van der Waals surface area contributed by atoms with E-state index in [4.69, 9.17) is 11.3 Å². The lowest BCUT2D eigenvalue weighted by Crippen LogP contribution is -2.38. The van der Waals surface area contributed by atoms with Crippen LogP contribution in [0.4, 0.5) is 11.5 Å². The van der Waals surface area contributed by atoms with Crippen molar-refractivity contribution in [1.82, 2.24) is 4.40 Å². The fourth-order valence-corrected chi connectivity index (χ4v) is 3.04. The molecular formula is C16H19N3O. The highest BCUT2D eigenvalue weighted by Crippen LogP contribution is 2.33. The molecule has 20 heavy (non-hydrogen) atoms. The van der Waals surface area contributed by atoms with Crippen LogP contribution < -0.4 is 4.90 Å². The van der Waals surface area contributed by atoms with Crippen LogP contribution in [0.25, 0.3) is 10.4 Å². The van der Waals surface area contributed by atoms with Crippen molar-refractivity contribution in [3.05, 3.63) is 41.4 Å². The lowest BCUT2D eigenvalue weighted by Gasteiger charge is -2.34. The largest absolute Gasteiger partial charge is 0.381 e. The average Bonchev–Trinajstić information content (AvgIpc) is 2.94. The minimum atomic E-state index is 0.481. The van der Waals surface area contributed by atoms with E-state index in [-0.39, 0.29) is 0 Å². The zero-order valence-corrected chi connectivity index (χ0v) is 12.0. The molecule has 0 radical (unpaired) electrons. The number of aromatic nitrogens is 1. The number of hydrogen-bond donors (Lipinski definition) is 0.